The third-order valence-electron chi connectivity index (χ3n) is 5.55. The molecule has 4 aromatic rings. The maximum atomic E-state index is 12.9. The number of amides is 1. The SMILES string of the molecule is Cn1cnc2cc(N3CCN(C(=O)c4ccc5nccnc5c4)CC3)ccc2c1=O. The van der Waals surface area contributed by atoms with Gasteiger partial charge in [-0.1, -0.05) is 0 Å². The average Bonchev–Trinajstić information content (AvgIpc) is 2.80. The van der Waals surface area contributed by atoms with Crippen LogP contribution in [0.4, 0.5) is 5.69 Å². The van der Waals surface area contributed by atoms with Gasteiger partial charge in [0.1, 0.15) is 0 Å². The maximum absolute atomic E-state index is 12.9. The van der Waals surface area contributed by atoms with Gasteiger partial charge in [-0.05, 0) is 36.4 Å². The van der Waals surface area contributed by atoms with Gasteiger partial charge in [-0.2, -0.15) is 0 Å². The van der Waals surface area contributed by atoms with Crippen LogP contribution in [-0.2, 0) is 7.05 Å². The van der Waals surface area contributed by atoms with E-state index in [2.05, 4.69) is 19.9 Å². The van der Waals surface area contributed by atoms with Crippen molar-refractivity contribution in [2.45, 2.75) is 0 Å². The first-order valence-corrected chi connectivity index (χ1v) is 9.80. The number of carbonyl (C=O) groups excluding carboxylic acids is 1. The molecule has 1 amide bonds. The monoisotopic (exact) mass is 400 g/mol. The molecule has 0 N–H and O–H groups in total. The number of anilines is 1. The predicted molar refractivity (Wildman–Crippen MR) is 115 cm³/mol. The summed E-state index contributed by atoms with van der Waals surface area (Å²) < 4.78 is 1.48. The van der Waals surface area contributed by atoms with E-state index >= 15 is 0 Å². The Hall–Kier alpha value is -3.81. The van der Waals surface area contributed by atoms with Crippen molar-refractivity contribution in [2.75, 3.05) is 31.1 Å². The minimum atomic E-state index is -0.0537. The first-order chi connectivity index (χ1) is 14.6. The fraction of sp³-hybridized carbons (Fsp3) is 0.227. The molecule has 0 spiro atoms. The average molecular weight is 400 g/mol. The van der Waals surface area contributed by atoms with Crippen molar-refractivity contribution in [1.82, 2.24) is 24.4 Å². The lowest BCUT2D eigenvalue weighted by Gasteiger charge is -2.36. The van der Waals surface area contributed by atoms with E-state index in [-0.39, 0.29) is 11.5 Å². The zero-order chi connectivity index (χ0) is 20.7. The molecule has 1 aliphatic heterocycles. The number of nitrogens with zero attached hydrogens (tertiary/aromatic N) is 6. The van der Waals surface area contributed by atoms with Crippen LogP contribution in [0.1, 0.15) is 10.4 Å². The standard InChI is InChI=1S/C22H20N6O2/c1-26-14-25-19-13-16(3-4-17(19)22(26)30)27-8-10-28(11-9-27)21(29)15-2-5-18-20(12-15)24-7-6-23-18/h2-7,12-14H,8-11H2,1H3. The molecule has 1 saturated heterocycles. The van der Waals surface area contributed by atoms with Crippen LogP contribution >= 0.6 is 0 Å². The second kappa shape index (κ2) is 7.22. The first kappa shape index (κ1) is 18.2. The van der Waals surface area contributed by atoms with Gasteiger partial charge in [-0.25, -0.2) is 4.98 Å². The number of fused-ring (bicyclic) bond motifs is 2. The van der Waals surface area contributed by atoms with Crippen LogP contribution in [-0.4, -0.2) is 56.5 Å². The van der Waals surface area contributed by atoms with Crippen molar-refractivity contribution in [3.8, 4) is 0 Å². The lowest BCUT2D eigenvalue weighted by Crippen LogP contribution is -2.48. The fourth-order valence-corrected chi connectivity index (χ4v) is 3.84. The van der Waals surface area contributed by atoms with Crippen LogP contribution in [0.15, 0.2) is 59.9 Å². The van der Waals surface area contributed by atoms with Gasteiger partial charge in [0.2, 0.25) is 0 Å². The van der Waals surface area contributed by atoms with Crippen molar-refractivity contribution in [3.05, 3.63) is 71.0 Å². The van der Waals surface area contributed by atoms with Gasteiger partial charge < -0.3 is 14.4 Å². The highest BCUT2D eigenvalue weighted by atomic mass is 16.2. The third kappa shape index (κ3) is 3.16. The van der Waals surface area contributed by atoms with Gasteiger partial charge in [-0.3, -0.25) is 19.6 Å². The number of benzene rings is 2. The minimum absolute atomic E-state index is 0.00544. The molecule has 5 rings (SSSR count). The molecule has 0 saturated carbocycles. The van der Waals surface area contributed by atoms with Crippen LogP contribution in [0.2, 0.25) is 0 Å². The molecule has 2 aromatic carbocycles. The number of hydrogen-bond donors (Lipinski definition) is 0. The highest BCUT2D eigenvalue weighted by Gasteiger charge is 2.23. The molecular formula is C22H20N6O2. The Labute approximate surface area is 172 Å². The van der Waals surface area contributed by atoms with E-state index in [1.807, 2.05) is 29.2 Å². The van der Waals surface area contributed by atoms with Gasteiger partial charge in [0.15, 0.2) is 0 Å². The van der Waals surface area contributed by atoms with E-state index < -0.39 is 0 Å². The molecule has 150 valence electrons. The number of carbonyl (C=O) groups is 1. The van der Waals surface area contributed by atoms with Crippen LogP contribution in [0.3, 0.4) is 0 Å². The smallest absolute Gasteiger partial charge is 0.260 e. The number of rotatable bonds is 2. The van der Waals surface area contributed by atoms with Gasteiger partial charge in [0, 0.05) is 56.9 Å². The Morgan fingerprint density at radius 3 is 2.43 bits per heavy atom. The molecule has 3 heterocycles. The lowest BCUT2D eigenvalue weighted by molar-refractivity contribution is 0.0747. The molecule has 8 heteroatoms. The Morgan fingerprint density at radius 2 is 1.63 bits per heavy atom. The summed E-state index contributed by atoms with van der Waals surface area (Å²) in [6, 6.07) is 11.2. The lowest BCUT2D eigenvalue weighted by atomic mass is 10.1. The summed E-state index contributed by atoms with van der Waals surface area (Å²) in [4.78, 5) is 42.1. The predicted octanol–water partition coefficient (Wildman–Crippen LogP) is 1.84. The quantitative estimate of drug-likeness (QED) is 0.511. The Bertz CT molecular complexity index is 1320. The zero-order valence-corrected chi connectivity index (χ0v) is 16.5. The topological polar surface area (TPSA) is 84.2 Å². The molecule has 0 unspecified atom stereocenters. The van der Waals surface area contributed by atoms with E-state index in [0.29, 0.717) is 29.6 Å². The van der Waals surface area contributed by atoms with E-state index in [9.17, 15) is 9.59 Å². The summed E-state index contributed by atoms with van der Waals surface area (Å²) in [6.07, 6.45) is 4.81. The van der Waals surface area contributed by atoms with E-state index in [1.165, 1.54) is 4.57 Å². The van der Waals surface area contributed by atoms with Crippen molar-refractivity contribution >= 4 is 33.5 Å². The molecule has 2 aromatic heterocycles. The normalized spacial score (nSPS) is 14.4. The minimum Gasteiger partial charge on any atom is -0.368 e. The summed E-state index contributed by atoms with van der Waals surface area (Å²) in [6.45, 7) is 2.68. The second-order valence-corrected chi connectivity index (χ2v) is 7.40. The Kier molecular flexibility index (Phi) is 4.39. The van der Waals surface area contributed by atoms with Gasteiger partial charge >= 0.3 is 0 Å². The molecule has 0 radical (unpaired) electrons. The summed E-state index contributed by atoms with van der Waals surface area (Å²) in [5, 5.41) is 0.608. The molecule has 0 atom stereocenters. The van der Waals surface area contributed by atoms with Crippen LogP contribution in [0, 0.1) is 0 Å². The van der Waals surface area contributed by atoms with Gasteiger partial charge in [-0.15, -0.1) is 0 Å². The third-order valence-corrected chi connectivity index (χ3v) is 5.55. The highest BCUT2D eigenvalue weighted by molar-refractivity contribution is 5.97. The summed E-state index contributed by atoms with van der Waals surface area (Å²) in [5.41, 5.74) is 3.77. The molecular weight excluding hydrogens is 380 g/mol. The van der Waals surface area contributed by atoms with Crippen molar-refractivity contribution < 1.29 is 4.79 Å². The number of aryl methyl sites for hydroxylation is 1. The van der Waals surface area contributed by atoms with E-state index in [4.69, 9.17) is 0 Å². The largest absolute Gasteiger partial charge is 0.368 e. The first-order valence-electron chi connectivity index (χ1n) is 9.80. The highest BCUT2D eigenvalue weighted by Crippen LogP contribution is 2.21. The number of piperazine rings is 1. The summed E-state index contributed by atoms with van der Waals surface area (Å²) in [7, 11) is 1.70. The van der Waals surface area contributed by atoms with Crippen molar-refractivity contribution in [2.24, 2.45) is 7.05 Å². The van der Waals surface area contributed by atoms with Crippen LogP contribution < -0.4 is 10.5 Å². The fourth-order valence-electron chi connectivity index (χ4n) is 3.84. The molecule has 1 aliphatic rings. The van der Waals surface area contributed by atoms with Crippen molar-refractivity contribution in [3.63, 3.8) is 0 Å². The molecule has 30 heavy (non-hydrogen) atoms. The number of hydrogen-bond acceptors (Lipinski definition) is 6. The molecule has 0 bridgehead atoms. The second-order valence-electron chi connectivity index (χ2n) is 7.40. The zero-order valence-electron chi connectivity index (χ0n) is 16.5. The van der Waals surface area contributed by atoms with Crippen LogP contribution in [0.25, 0.3) is 21.9 Å². The van der Waals surface area contributed by atoms with E-state index in [1.54, 1.807) is 37.9 Å². The Morgan fingerprint density at radius 1 is 0.867 bits per heavy atom. The van der Waals surface area contributed by atoms with E-state index in [0.717, 1.165) is 29.8 Å². The van der Waals surface area contributed by atoms with Gasteiger partial charge in [0.25, 0.3) is 11.5 Å². The summed E-state index contributed by atoms with van der Waals surface area (Å²) >= 11 is 0. The van der Waals surface area contributed by atoms with Crippen LogP contribution in [0.5, 0.6) is 0 Å². The maximum Gasteiger partial charge on any atom is 0.260 e. The van der Waals surface area contributed by atoms with Gasteiger partial charge in [0.05, 0.1) is 28.3 Å². The van der Waals surface area contributed by atoms with Crippen molar-refractivity contribution in [1.29, 1.82) is 0 Å². The Balaban J connectivity index is 1.32. The number of aromatic nitrogens is 4. The molecule has 1 fully saturated rings. The molecule has 8 nitrogen and oxygen atoms in total. The molecule has 0 aliphatic carbocycles. The summed E-state index contributed by atoms with van der Waals surface area (Å²) in [5.74, 6) is 0.00544.